The minimum absolute atomic E-state index is 0.191. The second-order valence-corrected chi connectivity index (χ2v) is 8.92. The van der Waals surface area contributed by atoms with E-state index in [-0.39, 0.29) is 29.0 Å². The fourth-order valence-corrected chi connectivity index (χ4v) is 4.36. The summed E-state index contributed by atoms with van der Waals surface area (Å²) in [7, 11) is -2.53. The first kappa shape index (κ1) is 23.0. The quantitative estimate of drug-likeness (QED) is 0.505. The molecule has 0 unspecified atom stereocenters. The average molecular weight is 453 g/mol. The molecule has 3 aromatic rings. The summed E-state index contributed by atoms with van der Waals surface area (Å²) < 4.78 is 32.6. The minimum Gasteiger partial charge on any atom is -0.465 e. The van der Waals surface area contributed by atoms with E-state index in [2.05, 4.69) is 14.8 Å². The number of carbonyl (C=O) groups excluding carboxylic acids is 2. The Balaban J connectivity index is 1.73. The number of hydrogen-bond acceptors (Lipinski definition) is 5. The maximum absolute atomic E-state index is 12.8. The van der Waals surface area contributed by atoms with Crippen LogP contribution >= 0.6 is 0 Å². The molecule has 0 saturated carbocycles. The summed E-state index contributed by atoms with van der Waals surface area (Å²) in [6.45, 7) is 1.86. The number of nitrogens with one attached hydrogen (secondary N) is 2. The second kappa shape index (κ2) is 10.1. The van der Waals surface area contributed by atoms with Crippen molar-refractivity contribution < 1.29 is 22.7 Å². The van der Waals surface area contributed by atoms with E-state index >= 15 is 0 Å². The van der Waals surface area contributed by atoms with Gasteiger partial charge in [-0.1, -0.05) is 54.6 Å². The highest BCUT2D eigenvalue weighted by molar-refractivity contribution is 7.91. The highest BCUT2D eigenvalue weighted by atomic mass is 32.2. The van der Waals surface area contributed by atoms with Crippen LogP contribution in [0.2, 0.25) is 0 Å². The van der Waals surface area contributed by atoms with Crippen molar-refractivity contribution in [1.82, 2.24) is 5.32 Å². The van der Waals surface area contributed by atoms with Crippen molar-refractivity contribution in [3.8, 4) is 0 Å². The standard InChI is InChI=1S/C24H24N2O5S/c1-17(19-8-4-3-5-9-19)25-23(27)21-10-6-7-11-22(21)26-32(29,30)16-18-12-14-20(15-13-18)24(28)31-2/h3-15,17,26H,16H2,1-2H3,(H,25,27)/t17-/m0/s1. The van der Waals surface area contributed by atoms with E-state index < -0.39 is 16.0 Å². The molecule has 0 aliphatic heterocycles. The molecule has 0 heterocycles. The molecule has 1 atom stereocenters. The van der Waals surface area contributed by atoms with Crippen molar-refractivity contribution in [3.05, 3.63) is 101 Å². The first-order valence-electron chi connectivity index (χ1n) is 9.91. The Morgan fingerprint density at radius 2 is 1.53 bits per heavy atom. The van der Waals surface area contributed by atoms with E-state index in [1.165, 1.54) is 19.2 Å². The van der Waals surface area contributed by atoms with Crippen LogP contribution in [0.4, 0.5) is 5.69 Å². The van der Waals surface area contributed by atoms with Crippen LogP contribution in [-0.4, -0.2) is 27.4 Å². The zero-order valence-electron chi connectivity index (χ0n) is 17.7. The Hall–Kier alpha value is -3.65. The summed E-state index contributed by atoms with van der Waals surface area (Å²) in [6, 6.07) is 21.8. The molecule has 0 aromatic heterocycles. The van der Waals surface area contributed by atoms with Crippen LogP contribution in [0, 0.1) is 0 Å². The first-order valence-corrected chi connectivity index (χ1v) is 11.6. The maximum Gasteiger partial charge on any atom is 0.337 e. The van der Waals surface area contributed by atoms with E-state index in [4.69, 9.17) is 0 Å². The average Bonchev–Trinajstić information content (AvgIpc) is 2.79. The third-order valence-corrected chi connectivity index (χ3v) is 6.06. The van der Waals surface area contributed by atoms with Gasteiger partial charge >= 0.3 is 5.97 Å². The van der Waals surface area contributed by atoms with E-state index in [9.17, 15) is 18.0 Å². The Bertz CT molecular complexity index is 1190. The van der Waals surface area contributed by atoms with Crippen molar-refractivity contribution >= 4 is 27.6 Å². The SMILES string of the molecule is COC(=O)c1ccc(CS(=O)(=O)Nc2ccccc2C(=O)N[C@@H](C)c2ccccc2)cc1. The largest absolute Gasteiger partial charge is 0.465 e. The lowest BCUT2D eigenvalue weighted by Crippen LogP contribution is -2.28. The zero-order valence-corrected chi connectivity index (χ0v) is 18.6. The van der Waals surface area contributed by atoms with Gasteiger partial charge in [-0.3, -0.25) is 9.52 Å². The van der Waals surface area contributed by atoms with Gasteiger partial charge in [-0.15, -0.1) is 0 Å². The zero-order chi connectivity index (χ0) is 23.1. The second-order valence-electron chi connectivity index (χ2n) is 7.20. The van der Waals surface area contributed by atoms with Crippen molar-refractivity contribution in [2.75, 3.05) is 11.8 Å². The van der Waals surface area contributed by atoms with Gasteiger partial charge < -0.3 is 10.1 Å². The summed E-state index contributed by atoms with van der Waals surface area (Å²) in [4.78, 5) is 24.4. The number of esters is 1. The predicted octanol–water partition coefficient (Wildman–Crippen LogP) is 3.91. The molecule has 8 heteroatoms. The molecule has 0 spiro atoms. The fourth-order valence-electron chi connectivity index (χ4n) is 3.15. The van der Waals surface area contributed by atoms with Gasteiger partial charge in [0.2, 0.25) is 10.0 Å². The van der Waals surface area contributed by atoms with Crippen LogP contribution in [0.15, 0.2) is 78.9 Å². The van der Waals surface area contributed by atoms with Gasteiger partial charge in [-0.25, -0.2) is 13.2 Å². The minimum atomic E-state index is -3.81. The topological polar surface area (TPSA) is 102 Å². The van der Waals surface area contributed by atoms with Gasteiger partial charge in [0.15, 0.2) is 0 Å². The van der Waals surface area contributed by atoms with Crippen LogP contribution in [0.25, 0.3) is 0 Å². The molecule has 0 aliphatic carbocycles. The first-order chi connectivity index (χ1) is 15.3. The monoisotopic (exact) mass is 452 g/mol. The van der Waals surface area contributed by atoms with Gasteiger partial charge in [0.05, 0.1) is 35.7 Å². The molecule has 3 rings (SSSR count). The summed E-state index contributed by atoms with van der Waals surface area (Å²) >= 11 is 0. The van der Waals surface area contributed by atoms with E-state index in [0.717, 1.165) is 5.56 Å². The molecule has 0 fully saturated rings. The van der Waals surface area contributed by atoms with E-state index in [1.54, 1.807) is 36.4 Å². The van der Waals surface area contributed by atoms with Crippen LogP contribution in [0.1, 0.15) is 44.8 Å². The molecule has 32 heavy (non-hydrogen) atoms. The third-order valence-electron chi connectivity index (χ3n) is 4.82. The molecule has 0 aliphatic rings. The molecular weight excluding hydrogens is 428 g/mol. The van der Waals surface area contributed by atoms with Gasteiger partial charge in [-0.2, -0.15) is 0 Å². The Kier molecular flexibility index (Phi) is 7.27. The number of amides is 1. The van der Waals surface area contributed by atoms with Crippen molar-refractivity contribution in [2.24, 2.45) is 0 Å². The Morgan fingerprint density at radius 3 is 2.19 bits per heavy atom. The van der Waals surface area contributed by atoms with Crippen LogP contribution in [-0.2, 0) is 20.5 Å². The molecule has 2 N–H and O–H groups in total. The Labute approximate surface area is 187 Å². The number of sulfonamides is 1. The van der Waals surface area contributed by atoms with E-state index in [1.807, 2.05) is 37.3 Å². The highest BCUT2D eigenvalue weighted by Gasteiger charge is 2.19. The van der Waals surface area contributed by atoms with Gasteiger partial charge in [0, 0.05) is 0 Å². The molecule has 166 valence electrons. The number of benzene rings is 3. The number of para-hydroxylation sites is 1. The number of carbonyl (C=O) groups is 2. The molecular formula is C24H24N2O5S. The number of rotatable bonds is 8. The van der Waals surface area contributed by atoms with Crippen molar-refractivity contribution in [1.29, 1.82) is 0 Å². The molecule has 1 amide bonds. The third kappa shape index (κ3) is 5.95. The van der Waals surface area contributed by atoms with Crippen LogP contribution in [0.5, 0.6) is 0 Å². The van der Waals surface area contributed by atoms with Crippen molar-refractivity contribution in [2.45, 2.75) is 18.7 Å². The normalized spacial score (nSPS) is 11.9. The van der Waals surface area contributed by atoms with Crippen LogP contribution < -0.4 is 10.0 Å². The summed E-state index contributed by atoms with van der Waals surface area (Å²) in [5.74, 6) is -1.20. The number of ether oxygens (including phenoxy) is 1. The predicted molar refractivity (Wildman–Crippen MR) is 123 cm³/mol. The van der Waals surface area contributed by atoms with Crippen LogP contribution in [0.3, 0.4) is 0 Å². The summed E-state index contributed by atoms with van der Waals surface area (Å²) in [5.41, 5.74) is 2.17. The van der Waals surface area contributed by atoms with Gasteiger partial charge in [0.1, 0.15) is 0 Å². The lowest BCUT2D eigenvalue weighted by Gasteiger charge is -2.17. The summed E-state index contributed by atoms with van der Waals surface area (Å²) in [5, 5.41) is 2.89. The van der Waals surface area contributed by atoms with Crippen molar-refractivity contribution in [3.63, 3.8) is 0 Å². The maximum atomic E-state index is 12.8. The molecule has 0 bridgehead atoms. The van der Waals surface area contributed by atoms with Gasteiger partial charge in [0.25, 0.3) is 5.91 Å². The summed E-state index contributed by atoms with van der Waals surface area (Å²) in [6.07, 6.45) is 0. The number of methoxy groups -OCH3 is 1. The lowest BCUT2D eigenvalue weighted by molar-refractivity contribution is 0.0600. The molecule has 7 nitrogen and oxygen atoms in total. The number of hydrogen-bond donors (Lipinski definition) is 2. The molecule has 0 saturated heterocycles. The lowest BCUT2D eigenvalue weighted by atomic mass is 10.1. The number of anilines is 1. The van der Waals surface area contributed by atoms with E-state index in [0.29, 0.717) is 11.1 Å². The molecule has 0 radical (unpaired) electrons. The highest BCUT2D eigenvalue weighted by Crippen LogP contribution is 2.20. The smallest absolute Gasteiger partial charge is 0.337 e. The fraction of sp³-hybridized carbons (Fsp3) is 0.167. The van der Waals surface area contributed by atoms with Gasteiger partial charge in [-0.05, 0) is 42.3 Å². The Morgan fingerprint density at radius 1 is 0.906 bits per heavy atom. The molecule has 3 aromatic carbocycles.